The summed E-state index contributed by atoms with van der Waals surface area (Å²) in [7, 11) is 0. The van der Waals surface area contributed by atoms with E-state index in [1.807, 2.05) is 6.20 Å². The van der Waals surface area contributed by atoms with Crippen molar-refractivity contribution in [3.05, 3.63) is 18.0 Å². The highest BCUT2D eigenvalue weighted by atomic mass is 15.3. The van der Waals surface area contributed by atoms with Crippen LogP contribution < -0.4 is 0 Å². The Balaban J connectivity index is 2.91. The number of hydrogen-bond donors (Lipinski definition) is 0. The van der Waals surface area contributed by atoms with Gasteiger partial charge in [0.25, 0.3) is 0 Å². The monoisotopic (exact) mass is 166 g/mol. The molecular formula is C10H18N2. The fourth-order valence-corrected chi connectivity index (χ4v) is 1.36. The zero-order valence-corrected chi connectivity index (χ0v) is 8.46. The smallest absolute Gasteiger partial charge is 0.0492 e. The van der Waals surface area contributed by atoms with Crippen LogP contribution in [0.4, 0.5) is 0 Å². The summed E-state index contributed by atoms with van der Waals surface area (Å²) in [5.41, 5.74) is 1.54. The van der Waals surface area contributed by atoms with Crippen molar-refractivity contribution < 1.29 is 0 Å². The number of aromatic nitrogens is 2. The SMILES string of the molecule is CCCn1nccc1C(C)(C)C. The van der Waals surface area contributed by atoms with Crippen LogP contribution in [0.25, 0.3) is 0 Å². The topological polar surface area (TPSA) is 17.8 Å². The molecule has 2 heteroatoms. The van der Waals surface area contributed by atoms with Crippen LogP contribution in [0.5, 0.6) is 0 Å². The number of nitrogens with zero attached hydrogens (tertiary/aromatic N) is 2. The lowest BCUT2D eigenvalue weighted by Crippen LogP contribution is -2.18. The van der Waals surface area contributed by atoms with Gasteiger partial charge in [0, 0.05) is 23.9 Å². The summed E-state index contributed by atoms with van der Waals surface area (Å²) in [4.78, 5) is 0. The molecule has 0 radical (unpaired) electrons. The maximum atomic E-state index is 4.29. The van der Waals surface area contributed by atoms with Crippen LogP contribution in [-0.2, 0) is 12.0 Å². The summed E-state index contributed by atoms with van der Waals surface area (Å²) in [6, 6.07) is 2.11. The van der Waals surface area contributed by atoms with E-state index in [4.69, 9.17) is 0 Å². The van der Waals surface area contributed by atoms with Gasteiger partial charge in [0.1, 0.15) is 0 Å². The predicted octanol–water partition coefficient (Wildman–Crippen LogP) is 2.59. The lowest BCUT2D eigenvalue weighted by atomic mass is 9.92. The second kappa shape index (κ2) is 3.30. The molecule has 0 aromatic carbocycles. The molecular weight excluding hydrogens is 148 g/mol. The van der Waals surface area contributed by atoms with Gasteiger partial charge < -0.3 is 0 Å². The summed E-state index contributed by atoms with van der Waals surface area (Å²) in [5, 5.41) is 4.29. The summed E-state index contributed by atoms with van der Waals surface area (Å²) >= 11 is 0. The fraction of sp³-hybridized carbons (Fsp3) is 0.700. The molecule has 0 bridgehead atoms. The number of hydrogen-bond acceptors (Lipinski definition) is 1. The highest BCUT2D eigenvalue weighted by molar-refractivity contribution is 5.11. The lowest BCUT2D eigenvalue weighted by molar-refractivity contribution is 0.482. The average molecular weight is 166 g/mol. The number of aryl methyl sites for hydroxylation is 1. The van der Waals surface area contributed by atoms with Gasteiger partial charge in [-0.2, -0.15) is 5.10 Å². The maximum absolute atomic E-state index is 4.29. The van der Waals surface area contributed by atoms with Gasteiger partial charge in [-0.3, -0.25) is 4.68 Å². The van der Waals surface area contributed by atoms with Gasteiger partial charge >= 0.3 is 0 Å². The van der Waals surface area contributed by atoms with E-state index in [9.17, 15) is 0 Å². The van der Waals surface area contributed by atoms with Crippen molar-refractivity contribution in [3.63, 3.8) is 0 Å². The Morgan fingerprint density at radius 1 is 1.42 bits per heavy atom. The molecule has 0 amide bonds. The molecule has 0 saturated carbocycles. The van der Waals surface area contributed by atoms with Crippen LogP contribution in [0.1, 0.15) is 39.8 Å². The van der Waals surface area contributed by atoms with Crippen molar-refractivity contribution >= 4 is 0 Å². The van der Waals surface area contributed by atoms with Crippen LogP contribution in [0.15, 0.2) is 12.3 Å². The second-order valence-electron chi connectivity index (χ2n) is 4.19. The Labute approximate surface area is 74.6 Å². The molecule has 68 valence electrons. The first-order valence-corrected chi connectivity index (χ1v) is 4.58. The van der Waals surface area contributed by atoms with Crippen molar-refractivity contribution in [3.8, 4) is 0 Å². The first kappa shape index (κ1) is 9.30. The molecule has 0 unspecified atom stereocenters. The van der Waals surface area contributed by atoms with Gasteiger partial charge in [0.2, 0.25) is 0 Å². The van der Waals surface area contributed by atoms with Gasteiger partial charge in [0.15, 0.2) is 0 Å². The molecule has 0 fully saturated rings. The van der Waals surface area contributed by atoms with Gasteiger partial charge in [-0.25, -0.2) is 0 Å². The van der Waals surface area contributed by atoms with Gasteiger partial charge in [-0.1, -0.05) is 27.7 Å². The summed E-state index contributed by atoms with van der Waals surface area (Å²) < 4.78 is 2.10. The quantitative estimate of drug-likeness (QED) is 0.660. The lowest BCUT2D eigenvalue weighted by Gasteiger charge is -2.19. The molecule has 1 aromatic rings. The number of rotatable bonds is 2. The predicted molar refractivity (Wildman–Crippen MR) is 51.2 cm³/mol. The molecule has 1 heterocycles. The van der Waals surface area contributed by atoms with Crippen LogP contribution in [-0.4, -0.2) is 9.78 Å². The maximum Gasteiger partial charge on any atom is 0.0492 e. The minimum Gasteiger partial charge on any atom is -0.269 e. The Kier molecular flexibility index (Phi) is 2.55. The Hall–Kier alpha value is -0.790. The molecule has 0 aliphatic rings. The largest absolute Gasteiger partial charge is 0.269 e. The van der Waals surface area contributed by atoms with Crippen LogP contribution >= 0.6 is 0 Å². The summed E-state index contributed by atoms with van der Waals surface area (Å²) in [6.07, 6.45) is 3.03. The van der Waals surface area contributed by atoms with E-state index in [1.54, 1.807) is 0 Å². The Bertz CT molecular complexity index is 243. The highest BCUT2D eigenvalue weighted by Crippen LogP contribution is 2.21. The molecule has 0 aliphatic carbocycles. The third-order valence-electron chi connectivity index (χ3n) is 1.92. The standard InChI is InChI=1S/C10H18N2/c1-5-8-12-9(6-7-11-12)10(2,3)4/h6-7H,5,8H2,1-4H3. The third kappa shape index (κ3) is 1.87. The van der Waals surface area contributed by atoms with E-state index < -0.39 is 0 Å². The van der Waals surface area contributed by atoms with Crippen molar-refractivity contribution in [1.29, 1.82) is 0 Å². The molecule has 0 spiro atoms. The molecule has 0 atom stereocenters. The van der Waals surface area contributed by atoms with Crippen molar-refractivity contribution in [2.75, 3.05) is 0 Å². The average Bonchev–Trinajstić information content (AvgIpc) is 2.34. The first-order valence-electron chi connectivity index (χ1n) is 4.58. The molecule has 1 aromatic heterocycles. The Morgan fingerprint density at radius 2 is 2.08 bits per heavy atom. The minimum absolute atomic E-state index is 0.214. The molecule has 0 saturated heterocycles. The van der Waals surface area contributed by atoms with Gasteiger partial charge in [0.05, 0.1) is 0 Å². The zero-order chi connectivity index (χ0) is 9.19. The van der Waals surface area contributed by atoms with Crippen LogP contribution in [0.2, 0.25) is 0 Å². The first-order chi connectivity index (χ1) is 5.55. The van der Waals surface area contributed by atoms with E-state index in [0.717, 1.165) is 13.0 Å². The minimum atomic E-state index is 0.214. The summed E-state index contributed by atoms with van der Waals surface area (Å²) in [5.74, 6) is 0. The van der Waals surface area contributed by atoms with Crippen molar-refractivity contribution in [1.82, 2.24) is 9.78 Å². The summed E-state index contributed by atoms with van der Waals surface area (Å²) in [6.45, 7) is 9.86. The van der Waals surface area contributed by atoms with Crippen LogP contribution in [0, 0.1) is 0 Å². The van der Waals surface area contributed by atoms with E-state index in [-0.39, 0.29) is 5.41 Å². The van der Waals surface area contributed by atoms with E-state index >= 15 is 0 Å². The molecule has 2 nitrogen and oxygen atoms in total. The molecule has 0 aliphatic heterocycles. The highest BCUT2D eigenvalue weighted by Gasteiger charge is 2.17. The zero-order valence-electron chi connectivity index (χ0n) is 8.46. The van der Waals surface area contributed by atoms with Crippen LogP contribution in [0.3, 0.4) is 0 Å². The molecule has 12 heavy (non-hydrogen) atoms. The van der Waals surface area contributed by atoms with Crippen molar-refractivity contribution in [2.24, 2.45) is 0 Å². The normalized spacial score (nSPS) is 12.0. The second-order valence-corrected chi connectivity index (χ2v) is 4.19. The Morgan fingerprint density at radius 3 is 2.58 bits per heavy atom. The van der Waals surface area contributed by atoms with Gasteiger partial charge in [-0.05, 0) is 12.5 Å². The third-order valence-corrected chi connectivity index (χ3v) is 1.92. The fourth-order valence-electron chi connectivity index (χ4n) is 1.36. The van der Waals surface area contributed by atoms with E-state index in [1.165, 1.54) is 5.69 Å². The van der Waals surface area contributed by atoms with E-state index in [2.05, 4.69) is 43.5 Å². The van der Waals surface area contributed by atoms with Gasteiger partial charge in [-0.15, -0.1) is 0 Å². The van der Waals surface area contributed by atoms with Crippen molar-refractivity contribution in [2.45, 2.75) is 46.1 Å². The van der Waals surface area contributed by atoms with E-state index in [0.29, 0.717) is 0 Å². The molecule has 0 N–H and O–H groups in total. The molecule has 1 rings (SSSR count).